The zero-order chi connectivity index (χ0) is 14.7. The number of nitrogens with two attached hydrogens (primary N) is 1. The number of amides is 1. The number of para-hydroxylation sites is 1. The maximum absolute atomic E-state index is 12.2. The van der Waals surface area contributed by atoms with E-state index in [1.165, 1.54) is 0 Å². The molecular formula is C16H16N2O3. The van der Waals surface area contributed by atoms with Crippen LogP contribution in [0, 0.1) is 0 Å². The minimum Gasteiger partial charge on any atom is -0.490 e. The van der Waals surface area contributed by atoms with Gasteiger partial charge in [0, 0.05) is 23.9 Å². The molecule has 108 valence electrons. The maximum atomic E-state index is 12.2. The van der Waals surface area contributed by atoms with Crippen molar-refractivity contribution in [1.82, 2.24) is 0 Å². The smallest absolute Gasteiger partial charge is 0.257 e. The van der Waals surface area contributed by atoms with Crippen molar-refractivity contribution in [3.05, 3.63) is 48.0 Å². The first-order valence-electron chi connectivity index (χ1n) is 6.79. The number of rotatable bonds is 2. The van der Waals surface area contributed by atoms with Gasteiger partial charge < -0.3 is 20.5 Å². The largest absolute Gasteiger partial charge is 0.490 e. The molecule has 0 spiro atoms. The zero-order valence-corrected chi connectivity index (χ0v) is 11.5. The van der Waals surface area contributed by atoms with Crippen LogP contribution in [0.15, 0.2) is 42.5 Å². The van der Waals surface area contributed by atoms with Crippen molar-refractivity contribution in [3.8, 4) is 11.5 Å². The zero-order valence-electron chi connectivity index (χ0n) is 11.5. The molecule has 1 amide bonds. The molecule has 3 N–H and O–H groups in total. The van der Waals surface area contributed by atoms with E-state index in [4.69, 9.17) is 15.2 Å². The third kappa shape index (κ3) is 2.91. The molecular weight excluding hydrogens is 268 g/mol. The molecule has 2 aromatic carbocycles. The van der Waals surface area contributed by atoms with E-state index in [2.05, 4.69) is 5.32 Å². The monoisotopic (exact) mass is 284 g/mol. The first kappa shape index (κ1) is 13.3. The van der Waals surface area contributed by atoms with Crippen LogP contribution in [0.4, 0.5) is 11.4 Å². The quantitative estimate of drug-likeness (QED) is 0.831. The molecule has 0 bridgehead atoms. The minimum atomic E-state index is -0.248. The number of carbonyl (C=O) groups excluding carboxylic acids is 1. The molecule has 3 rings (SSSR count). The third-order valence-electron chi connectivity index (χ3n) is 3.21. The summed E-state index contributed by atoms with van der Waals surface area (Å²) < 4.78 is 11.2. The van der Waals surface area contributed by atoms with Crippen molar-refractivity contribution in [2.75, 3.05) is 24.3 Å². The van der Waals surface area contributed by atoms with Gasteiger partial charge in [0.15, 0.2) is 11.5 Å². The highest BCUT2D eigenvalue weighted by molar-refractivity contribution is 6.07. The fourth-order valence-electron chi connectivity index (χ4n) is 2.14. The van der Waals surface area contributed by atoms with Gasteiger partial charge in [0.05, 0.1) is 18.8 Å². The number of nitrogens with one attached hydrogen (secondary N) is 1. The van der Waals surface area contributed by atoms with Gasteiger partial charge in [-0.1, -0.05) is 12.1 Å². The van der Waals surface area contributed by atoms with Gasteiger partial charge in [-0.3, -0.25) is 4.79 Å². The predicted molar refractivity (Wildman–Crippen MR) is 80.9 cm³/mol. The van der Waals surface area contributed by atoms with E-state index in [9.17, 15) is 4.79 Å². The highest BCUT2D eigenvalue weighted by Crippen LogP contribution is 2.32. The molecule has 0 atom stereocenters. The Morgan fingerprint density at radius 3 is 2.62 bits per heavy atom. The van der Waals surface area contributed by atoms with Gasteiger partial charge in [-0.15, -0.1) is 0 Å². The molecule has 0 saturated heterocycles. The van der Waals surface area contributed by atoms with E-state index < -0.39 is 0 Å². The summed E-state index contributed by atoms with van der Waals surface area (Å²) in [5, 5.41) is 2.82. The van der Waals surface area contributed by atoms with Gasteiger partial charge >= 0.3 is 0 Å². The summed E-state index contributed by atoms with van der Waals surface area (Å²) in [6.45, 7) is 1.25. The van der Waals surface area contributed by atoms with E-state index in [1.54, 1.807) is 42.5 Å². The molecule has 0 aliphatic carbocycles. The average molecular weight is 284 g/mol. The summed E-state index contributed by atoms with van der Waals surface area (Å²) in [4.78, 5) is 12.2. The number of anilines is 2. The fraction of sp³-hybridized carbons (Fsp3) is 0.188. The number of ether oxygens (including phenoxy) is 2. The summed E-state index contributed by atoms with van der Waals surface area (Å²) in [6, 6.07) is 12.3. The number of nitrogen functional groups attached to an aromatic ring is 1. The number of carbonyl (C=O) groups is 1. The Hall–Kier alpha value is -2.69. The molecule has 0 aromatic heterocycles. The minimum absolute atomic E-state index is 0.248. The van der Waals surface area contributed by atoms with Gasteiger partial charge in [0.1, 0.15) is 0 Å². The van der Waals surface area contributed by atoms with Gasteiger partial charge in [0.2, 0.25) is 0 Å². The first-order valence-corrected chi connectivity index (χ1v) is 6.79. The molecule has 0 fully saturated rings. The predicted octanol–water partition coefficient (Wildman–Crippen LogP) is 2.68. The third-order valence-corrected chi connectivity index (χ3v) is 3.21. The van der Waals surface area contributed by atoms with Gasteiger partial charge in [0.25, 0.3) is 5.91 Å². The van der Waals surface area contributed by atoms with Crippen LogP contribution in [0.3, 0.4) is 0 Å². The Kier molecular flexibility index (Phi) is 3.64. The van der Waals surface area contributed by atoms with E-state index in [0.29, 0.717) is 41.7 Å². The number of benzene rings is 2. The summed E-state index contributed by atoms with van der Waals surface area (Å²) in [5.41, 5.74) is 7.34. The molecule has 0 radical (unpaired) electrons. The molecule has 2 aromatic rings. The number of fused-ring (bicyclic) bond motifs is 1. The van der Waals surface area contributed by atoms with Gasteiger partial charge in [-0.25, -0.2) is 0 Å². The van der Waals surface area contributed by atoms with Crippen LogP contribution in [-0.4, -0.2) is 19.1 Å². The lowest BCUT2D eigenvalue weighted by Gasteiger charge is -2.11. The Morgan fingerprint density at radius 2 is 1.81 bits per heavy atom. The average Bonchev–Trinajstić information content (AvgIpc) is 2.72. The van der Waals surface area contributed by atoms with Crippen molar-refractivity contribution >= 4 is 17.3 Å². The summed E-state index contributed by atoms with van der Waals surface area (Å²) in [7, 11) is 0. The highest BCUT2D eigenvalue weighted by Gasteiger charge is 2.13. The van der Waals surface area contributed by atoms with Crippen LogP contribution in [0.2, 0.25) is 0 Å². The Balaban J connectivity index is 1.81. The van der Waals surface area contributed by atoms with Crippen LogP contribution < -0.4 is 20.5 Å². The van der Waals surface area contributed by atoms with Crippen LogP contribution in [-0.2, 0) is 0 Å². The maximum Gasteiger partial charge on any atom is 0.257 e. The summed E-state index contributed by atoms with van der Waals surface area (Å²) in [5.74, 6) is 1.10. The van der Waals surface area contributed by atoms with Crippen LogP contribution in [0.1, 0.15) is 16.8 Å². The Bertz CT molecular complexity index is 670. The summed E-state index contributed by atoms with van der Waals surface area (Å²) in [6.07, 6.45) is 0.844. The molecule has 5 nitrogen and oxygen atoms in total. The van der Waals surface area contributed by atoms with E-state index in [1.807, 2.05) is 0 Å². The molecule has 1 heterocycles. The topological polar surface area (TPSA) is 73.6 Å². The second-order valence-electron chi connectivity index (χ2n) is 4.75. The normalized spacial score (nSPS) is 13.3. The molecule has 0 saturated carbocycles. The van der Waals surface area contributed by atoms with Crippen molar-refractivity contribution in [2.24, 2.45) is 0 Å². The van der Waals surface area contributed by atoms with Gasteiger partial charge in [-0.05, 0) is 24.3 Å². The highest BCUT2D eigenvalue weighted by atomic mass is 16.5. The Morgan fingerprint density at radius 1 is 1.05 bits per heavy atom. The number of hydrogen-bond donors (Lipinski definition) is 2. The van der Waals surface area contributed by atoms with Crippen LogP contribution in [0.5, 0.6) is 11.5 Å². The standard InChI is InChI=1S/C16H16N2O3/c17-13-5-2-1-4-12(13)16(19)18-11-6-7-14-15(10-11)21-9-3-8-20-14/h1-2,4-7,10H,3,8-9,17H2,(H,18,19). The lowest BCUT2D eigenvalue weighted by Crippen LogP contribution is -2.13. The Labute approximate surface area is 122 Å². The van der Waals surface area contributed by atoms with Crippen molar-refractivity contribution in [3.63, 3.8) is 0 Å². The van der Waals surface area contributed by atoms with Crippen molar-refractivity contribution in [1.29, 1.82) is 0 Å². The second kappa shape index (κ2) is 5.75. The van der Waals surface area contributed by atoms with Crippen molar-refractivity contribution in [2.45, 2.75) is 6.42 Å². The summed E-state index contributed by atoms with van der Waals surface area (Å²) >= 11 is 0. The fourth-order valence-corrected chi connectivity index (χ4v) is 2.14. The van der Waals surface area contributed by atoms with Crippen LogP contribution >= 0.6 is 0 Å². The molecule has 21 heavy (non-hydrogen) atoms. The molecule has 1 aliphatic heterocycles. The molecule has 5 heteroatoms. The van der Waals surface area contributed by atoms with Crippen LogP contribution in [0.25, 0.3) is 0 Å². The van der Waals surface area contributed by atoms with E-state index >= 15 is 0 Å². The molecule has 0 unspecified atom stereocenters. The second-order valence-corrected chi connectivity index (χ2v) is 4.75. The van der Waals surface area contributed by atoms with E-state index in [-0.39, 0.29) is 5.91 Å². The van der Waals surface area contributed by atoms with Gasteiger partial charge in [-0.2, -0.15) is 0 Å². The first-order chi connectivity index (χ1) is 10.2. The molecule has 1 aliphatic rings. The lowest BCUT2D eigenvalue weighted by molar-refractivity contribution is 0.102. The van der Waals surface area contributed by atoms with Crippen molar-refractivity contribution < 1.29 is 14.3 Å². The lowest BCUT2D eigenvalue weighted by atomic mass is 10.1. The van der Waals surface area contributed by atoms with E-state index in [0.717, 1.165) is 6.42 Å². The SMILES string of the molecule is Nc1ccccc1C(=O)Nc1ccc2c(c1)OCCCO2. The number of hydrogen-bond acceptors (Lipinski definition) is 4.